The minimum Gasteiger partial charge on any atom is -0.0654 e. The first-order valence-corrected chi connectivity index (χ1v) is 19.5. The second kappa shape index (κ2) is 22.5. The summed E-state index contributed by atoms with van der Waals surface area (Å²) < 4.78 is 0. The first-order valence-electron chi connectivity index (χ1n) is 18.3. The van der Waals surface area contributed by atoms with Crippen molar-refractivity contribution in [3.63, 3.8) is 0 Å². The van der Waals surface area contributed by atoms with Crippen LogP contribution >= 0.6 is 0 Å². The summed E-state index contributed by atoms with van der Waals surface area (Å²) in [5.41, 5.74) is 4.90. The summed E-state index contributed by atoms with van der Waals surface area (Å²) in [6, 6.07) is 28.1. The van der Waals surface area contributed by atoms with Gasteiger partial charge in [-0.2, -0.15) is 0 Å². The highest BCUT2D eigenvalue weighted by atomic mass is 32.2. The van der Waals surface area contributed by atoms with Crippen molar-refractivity contribution in [3.8, 4) is 0 Å². The number of unbranched alkanes of at least 4 members (excludes halogenated alkanes) is 15. The molecule has 236 valence electrons. The number of aryl methyl sites for hydroxylation is 3. The van der Waals surface area contributed by atoms with Crippen LogP contribution < -0.4 is 0 Å². The largest absolute Gasteiger partial charge is 0.172 e. The molecule has 0 nitrogen and oxygen atoms in total. The molecule has 0 heterocycles. The van der Waals surface area contributed by atoms with Crippen LogP contribution in [-0.2, 0) is 30.2 Å². The molecule has 0 aliphatic rings. The highest BCUT2D eigenvalue weighted by molar-refractivity contribution is 7.97. The molecule has 0 atom stereocenters. The molecule has 0 N–H and O–H groups in total. The van der Waals surface area contributed by atoms with Gasteiger partial charge in [0, 0.05) is 11.1 Å². The third-order valence-corrected chi connectivity index (χ3v) is 11.3. The minimum atomic E-state index is -0.0776. The predicted molar refractivity (Wildman–Crippen MR) is 193 cm³/mol. The molecule has 43 heavy (non-hydrogen) atoms. The van der Waals surface area contributed by atoms with Crippen LogP contribution in [0.2, 0.25) is 0 Å². The van der Waals surface area contributed by atoms with Crippen LogP contribution in [-0.4, -0.2) is 0 Å². The van der Waals surface area contributed by atoms with Gasteiger partial charge in [-0.1, -0.05) is 166 Å². The molecule has 0 spiro atoms. The summed E-state index contributed by atoms with van der Waals surface area (Å²) >= 11 is 0. The van der Waals surface area contributed by atoms with Crippen LogP contribution in [0.4, 0.5) is 0 Å². The third kappa shape index (κ3) is 13.3. The van der Waals surface area contributed by atoms with E-state index in [4.69, 9.17) is 0 Å². The molecule has 0 saturated heterocycles. The quantitative estimate of drug-likeness (QED) is 0.0709. The minimum absolute atomic E-state index is 0.0776. The van der Waals surface area contributed by atoms with Crippen molar-refractivity contribution in [2.24, 2.45) is 0 Å². The van der Waals surface area contributed by atoms with E-state index in [2.05, 4.69) is 93.6 Å². The Morgan fingerprint density at radius 2 is 0.744 bits per heavy atom. The predicted octanol–water partition coefficient (Wildman–Crippen LogP) is 13.5. The average Bonchev–Trinajstić information content (AvgIpc) is 3.04. The third-order valence-electron chi connectivity index (χ3n) is 8.88. The summed E-state index contributed by atoms with van der Waals surface area (Å²) in [6.45, 7) is 6.96. The van der Waals surface area contributed by atoms with Gasteiger partial charge in [0.1, 0.15) is 0 Å². The Hall–Kier alpha value is -1.99. The van der Waals surface area contributed by atoms with Crippen molar-refractivity contribution in [1.82, 2.24) is 0 Å². The Morgan fingerprint density at radius 3 is 1.14 bits per heavy atom. The number of benzene rings is 3. The molecule has 0 bridgehead atoms. The van der Waals surface area contributed by atoms with Crippen molar-refractivity contribution >= 4 is 10.9 Å². The van der Waals surface area contributed by atoms with Crippen molar-refractivity contribution in [3.05, 3.63) is 89.5 Å². The molecule has 3 rings (SSSR count). The molecule has 0 fully saturated rings. The van der Waals surface area contributed by atoms with E-state index >= 15 is 0 Å². The molecule has 0 radical (unpaired) electrons. The van der Waals surface area contributed by atoms with E-state index in [0.29, 0.717) is 0 Å². The normalized spacial score (nSPS) is 11.4. The maximum atomic E-state index is 2.66. The maximum absolute atomic E-state index is 2.66. The smallest absolute Gasteiger partial charge is 0.0654 e. The summed E-state index contributed by atoms with van der Waals surface area (Å²) in [4.78, 5) is 4.59. The van der Waals surface area contributed by atoms with Crippen LogP contribution in [0.3, 0.4) is 0 Å². The van der Waals surface area contributed by atoms with Gasteiger partial charge in [-0.25, -0.2) is 0 Å². The fourth-order valence-corrected chi connectivity index (χ4v) is 8.84. The summed E-state index contributed by atoms with van der Waals surface area (Å²) in [5, 5.41) is 0. The zero-order chi connectivity index (χ0) is 30.4. The molecule has 0 amide bonds. The lowest BCUT2D eigenvalue weighted by molar-refractivity contribution is 0.598. The van der Waals surface area contributed by atoms with Gasteiger partial charge < -0.3 is 0 Å². The standard InChI is InChI=1S/C42H63S/c1-4-7-10-13-16-21-28-37-35-38(29-22-17-14-11-8-5-2)42(39(36-37)30-23-18-15-12-9-6-3)43(40-31-24-19-25-32-40)41-33-26-20-27-34-41/h19-20,24-27,31-36H,4-18,21-23,28-30H2,1-3H3/q+1. The molecule has 0 saturated carbocycles. The van der Waals surface area contributed by atoms with Gasteiger partial charge in [0.15, 0.2) is 14.7 Å². The molecule has 0 aliphatic heterocycles. The second-order valence-electron chi connectivity index (χ2n) is 12.7. The van der Waals surface area contributed by atoms with Crippen LogP contribution in [0.25, 0.3) is 0 Å². The molecule has 0 aliphatic carbocycles. The summed E-state index contributed by atoms with van der Waals surface area (Å²) in [6.07, 6.45) is 28.2. The molecule has 3 aromatic carbocycles. The number of hydrogen-bond donors (Lipinski definition) is 0. The van der Waals surface area contributed by atoms with E-state index in [0.717, 1.165) is 0 Å². The van der Waals surface area contributed by atoms with Crippen LogP contribution in [0.15, 0.2) is 87.5 Å². The average molecular weight is 600 g/mol. The Labute approximate surface area is 269 Å². The van der Waals surface area contributed by atoms with Gasteiger partial charge in [-0.05, 0) is 68.4 Å². The van der Waals surface area contributed by atoms with E-state index in [1.54, 1.807) is 21.6 Å². The molecule has 1 heteroatoms. The molecular weight excluding hydrogens is 537 g/mol. The number of rotatable bonds is 24. The molecule has 3 aromatic rings. The zero-order valence-corrected chi connectivity index (χ0v) is 29.0. The van der Waals surface area contributed by atoms with E-state index in [-0.39, 0.29) is 10.9 Å². The highest BCUT2D eigenvalue weighted by Crippen LogP contribution is 2.38. The van der Waals surface area contributed by atoms with E-state index in [1.807, 2.05) is 0 Å². The maximum Gasteiger partial charge on any atom is 0.172 e. The lowest BCUT2D eigenvalue weighted by atomic mass is 9.94. The monoisotopic (exact) mass is 599 g/mol. The van der Waals surface area contributed by atoms with Gasteiger partial charge in [-0.3, -0.25) is 0 Å². The van der Waals surface area contributed by atoms with Crippen molar-refractivity contribution < 1.29 is 0 Å². The van der Waals surface area contributed by atoms with E-state index in [9.17, 15) is 0 Å². The summed E-state index contributed by atoms with van der Waals surface area (Å²) in [5.74, 6) is 0. The lowest BCUT2D eigenvalue weighted by Crippen LogP contribution is -2.13. The van der Waals surface area contributed by atoms with Crippen LogP contribution in [0.5, 0.6) is 0 Å². The van der Waals surface area contributed by atoms with Crippen molar-refractivity contribution in [2.45, 2.75) is 170 Å². The highest BCUT2D eigenvalue weighted by Gasteiger charge is 2.34. The van der Waals surface area contributed by atoms with E-state index in [1.165, 1.54) is 145 Å². The van der Waals surface area contributed by atoms with Crippen molar-refractivity contribution in [2.75, 3.05) is 0 Å². The van der Waals surface area contributed by atoms with Gasteiger partial charge in [-0.15, -0.1) is 0 Å². The summed E-state index contributed by atoms with van der Waals surface area (Å²) in [7, 11) is -0.0776. The van der Waals surface area contributed by atoms with E-state index < -0.39 is 0 Å². The Balaban J connectivity index is 1.97. The number of hydrogen-bond acceptors (Lipinski definition) is 0. The Kier molecular flexibility index (Phi) is 18.6. The SMILES string of the molecule is CCCCCCCCc1cc(CCCCCCCC)c([S+](c2ccccc2)c2ccccc2)c(CCCCCCCC)c1. The van der Waals surface area contributed by atoms with Gasteiger partial charge in [0.2, 0.25) is 0 Å². The fourth-order valence-electron chi connectivity index (χ4n) is 6.39. The fraction of sp³-hybridized carbons (Fsp3) is 0.571. The second-order valence-corrected chi connectivity index (χ2v) is 14.7. The first-order chi connectivity index (χ1) is 21.3. The van der Waals surface area contributed by atoms with Crippen LogP contribution in [0, 0.1) is 0 Å². The van der Waals surface area contributed by atoms with Crippen LogP contribution in [0.1, 0.15) is 153 Å². The lowest BCUT2D eigenvalue weighted by Gasteiger charge is -2.18. The van der Waals surface area contributed by atoms with Gasteiger partial charge in [0.25, 0.3) is 0 Å². The Bertz CT molecular complexity index is 1010. The Morgan fingerprint density at radius 1 is 0.395 bits per heavy atom. The van der Waals surface area contributed by atoms with Gasteiger partial charge >= 0.3 is 0 Å². The molecular formula is C42H63S+. The first kappa shape index (κ1) is 35.5. The topological polar surface area (TPSA) is 0 Å². The van der Waals surface area contributed by atoms with Gasteiger partial charge in [0.05, 0.1) is 10.9 Å². The van der Waals surface area contributed by atoms with Crippen molar-refractivity contribution in [1.29, 1.82) is 0 Å². The zero-order valence-electron chi connectivity index (χ0n) is 28.2. The molecule has 0 unspecified atom stereocenters. The molecule has 0 aromatic heterocycles.